The van der Waals surface area contributed by atoms with Crippen molar-refractivity contribution in [2.45, 2.75) is 39.5 Å². The summed E-state index contributed by atoms with van der Waals surface area (Å²) in [5.41, 5.74) is 1.71. The smallest absolute Gasteiger partial charge is 0.352 e. The topological polar surface area (TPSA) is 81.7 Å². The van der Waals surface area contributed by atoms with Crippen molar-refractivity contribution in [1.82, 2.24) is 4.90 Å². The van der Waals surface area contributed by atoms with Gasteiger partial charge in [0, 0.05) is 18.1 Å². The fourth-order valence-corrected chi connectivity index (χ4v) is 3.92. The molecule has 3 rings (SSSR count). The van der Waals surface area contributed by atoms with Crippen LogP contribution in [0.3, 0.4) is 0 Å². The van der Waals surface area contributed by atoms with Crippen molar-refractivity contribution >= 4 is 11.9 Å². The molecule has 6 nitrogen and oxygen atoms in total. The molecule has 3 heterocycles. The predicted octanol–water partition coefficient (Wildman–Crippen LogP) is 1.12. The fourth-order valence-electron chi connectivity index (χ4n) is 3.92. The number of carboxylic acid groups (broad SMARTS) is 1. The Balaban J connectivity index is 1.92. The number of carbonyl (C=O) groups excluding carboxylic acids is 1. The van der Waals surface area contributed by atoms with Crippen LogP contribution in [-0.4, -0.2) is 39.1 Å². The van der Waals surface area contributed by atoms with Gasteiger partial charge < -0.3 is 15.1 Å². The molecule has 1 aromatic rings. The van der Waals surface area contributed by atoms with E-state index in [9.17, 15) is 19.8 Å². The van der Waals surface area contributed by atoms with E-state index < -0.39 is 18.0 Å². The van der Waals surface area contributed by atoms with E-state index >= 15 is 0 Å². The molecular weight excluding hydrogens is 320 g/mol. The molecule has 0 radical (unpaired) electrons. The number of carboxylic acids is 1. The van der Waals surface area contributed by atoms with Crippen molar-refractivity contribution in [3.8, 4) is 0 Å². The van der Waals surface area contributed by atoms with Gasteiger partial charge in [0.2, 0.25) is 5.91 Å². The van der Waals surface area contributed by atoms with Gasteiger partial charge >= 0.3 is 5.97 Å². The van der Waals surface area contributed by atoms with Crippen molar-refractivity contribution in [1.29, 1.82) is 0 Å². The number of carbonyl (C=O) groups is 2. The lowest BCUT2D eigenvalue weighted by Gasteiger charge is -2.46. The van der Waals surface area contributed by atoms with Gasteiger partial charge in [0.05, 0.1) is 18.1 Å². The van der Waals surface area contributed by atoms with Crippen LogP contribution in [0.4, 0.5) is 0 Å². The monoisotopic (exact) mass is 343 g/mol. The van der Waals surface area contributed by atoms with Gasteiger partial charge in [-0.25, -0.2) is 9.36 Å². The lowest BCUT2D eigenvalue weighted by atomic mass is 9.77. The highest BCUT2D eigenvalue weighted by atomic mass is 16.4. The van der Waals surface area contributed by atoms with Crippen LogP contribution < -0.4 is 4.57 Å². The first-order valence-electron chi connectivity index (χ1n) is 8.42. The number of allylic oxidation sites excluding steroid dienone is 2. The molecule has 2 aliphatic rings. The normalized spacial score (nSPS) is 27.2. The second-order valence-corrected chi connectivity index (χ2v) is 6.90. The van der Waals surface area contributed by atoms with Gasteiger partial charge in [0.15, 0.2) is 18.9 Å². The summed E-state index contributed by atoms with van der Waals surface area (Å²) in [4.78, 5) is 25.4. The summed E-state index contributed by atoms with van der Waals surface area (Å²) in [6, 6.07) is 5.53. The summed E-state index contributed by atoms with van der Waals surface area (Å²) in [6.07, 6.45) is 4.98. The van der Waals surface area contributed by atoms with E-state index in [-0.39, 0.29) is 23.6 Å². The summed E-state index contributed by atoms with van der Waals surface area (Å²) in [6.45, 7) is 6.09. The van der Waals surface area contributed by atoms with Crippen molar-refractivity contribution in [3.05, 3.63) is 53.5 Å². The molecule has 2 N–H and O–H groups in total. The zero-order valence-electron chi connectivity index (χ0n) is 14.6. The van der Waals surface area contributed by atoms with Gasteiger partial charge in [-0.15, -0.1) is 0 Å². The number of aliphatic hydroxyl groups excluding tert-OH is 1. The number of pyridine rings is 1. The zero-order chi connectivity index (χ0) is 18.3. The molecule has 6 heteroatoms. The molecule has 0 unspecified atom stereocenters. The number of aliphatic hydroxyl groups is 1. The Labute approximate surface area is 146 Å². The van der Waals surface area contributed by atoms with E-state index in [4.69, 9.17) is 0 Å². The maximum absolute atomic E-state index is 12.3. The molecular formula is C19H23N2O4+. The van der Waals surface area contributed by atoms with Crippen LogP contribution in [0, 0.1) is 11.8 Å². The Morgan fingerprint density at radius 1 is 1.36 bits per heavy atom. The highest BCUT2D eigenvalue weighted by molar-refractivity contribution is 6.00. The van der Waals surface area contributed by atoms with Crippen LogP contribution in [0.5, 0.6) is 0 Å². The number of aromatic nitrogens is 1. The quantitative estimate of drug-likeness (QED) is 0.620. The molecule has 1 aromatic heterocycles. The van der Waals surface area contributed by atoms with Crippen LogP contribution in [-0.2, 0) is 16.1 Å². The third-order valence-corrected chi connectivity index (χ3v) is 5.04. The minimum Gasteiger partial charge on any atom is -0.477 e. The van der Waals surface area contributed by atoms with Crippen LogP contribution >= 0.6 is 0 Å². The number of rotatable bonds is 5. The van der Waals surface area contributed by atoms with E-state index in [2.05, 4.69) is 0 Å². The lowest BCUT2D eigenvalue weighted by Crippen LogP contribution is -2.63. The molecule has 1 fully saturated rings. The maximum atomic E-state index is 12.3. The molecule has 0 bridgehead atoms. The molecule has 132 valence electrons. The number of hydrogen-bond donors (Lipinski definition) is 2. The van der Waals surface area contributed by atoms with Gasteiger partial charge in [-0.05, 0) is 25.0 Å². The Kier molecular flexibility index (Phi) is 4.47. The largest absolute Gasteiger partial charge is 0.477 e. The standard InChI is InChI=1S/C19H22N2O4/c1-11(10-20-7-5-4-6-8-20)9-14-12(2)16-15(13(3)22)18(23)21(16)17(14)19(24)25/h4-9,12-13,15-16,22H,10H2,1-3H3/p+1/b11-9+/t12-,13+,15+,16+/m0/s1. The number of nitrogens with zero attached hydrogens (tertiary/aromatic N) is 2. The number of hydrogen-bond acceptors (Lipinski definition) is 3. The van der Waals surface area contributed by atoms with Crippen LogP contribution in [0.25, 0.3) is 0 Å². The van der Waals surface area contributed by atoms with Crippen molar-refractivity contribution in [2.75, 3.05) is 0 Å². The first-order chi connectivity index (χ1) is 11.8. The Morgan fingerprint density at radius 2 is 2.00 bits per heavy atom. The van der Waals surface area contributed by atoms with E-state index in [0.29, 0.717) is 12.1 Å². The van der Waals surface area contributed by atoms with Crippen molar-refractivity contribution in [2.24, 2.45) is 11.8 Å². The summed E-state index contributed by atoms with van der Waals surface area (Å²) in [5.74, 6) is -2.06. The molecule has 2 aliphatic heterocycles. The number of β-lactam (4-membered cyclic amide) rings is 1. The van der Waals surface area contributed by atoms with E-state index in [1.807, 2.05) is 55.1 Å². The van der Waals surface area contributed by atoms with E-state index in [1.54, 1.807) is 6.92 Å². The first kappa shape index (κ1) is 17.4. The Hall–Kier alpha value is -2.47. The zero-order valence-corrected chi connectivity index (χ0v) is 14.6. The van der Waals surface area contributed by atoms with Gasteiger partial charge in [-0.3, -0.25) is 4.79 Å². The fraction of sp³-hybridized carbons (Fsp3) is 0.421. The van der Waals surface area contributed by atoms with Crippen molar-refractivity contribution < 1.29 is 24.4 Å². The molecule has 1 amide bonds. The Morgan fingerprint density at radius 3 is 2.56 bits per heavy atom. The second-order valence-electron chi connectivity index (χ2n) is 6.90. The number of amides is 1. The maximum Gasteiger partial charge on any atom is 0.352 e. The minimum absolute atomic E-state index is 0.0526. The third-order valence-electron chi connectivity index (χ3n) is 5.04. The van der Waals surface area contributed by atoms with Crippen LogP contribution in [0.15, 0.2) is 53.5 Å². The van der Waals surface area contributed by atoms with E-state index in [0.717, 1.165) is 5.57 Å². The molecule has 1 saturated heterocycles. The average molecular weight is 343 g/mol. The summed E-state index contributed by atoms with van der Waals surface area (Å²) < 4.78 is 2.01. The van der Waals surface area contributed by atoms with Crippen LogP contribution in [0.2, 0.25) is 0 Å². The molecule has 0 saturated carbocycles. The number of fused-ring (bicyclic) bond motifs is 1. The summed E-state index contributed by atoms with van der Waals surface area (Å²) in [5, 5.41) is 19.5. The minimum atomic E-state index is -1.10. The van der Waals surface area contributed by atoms with Gasteiger partial charge in [0.25, 0.3) is 0 Å². The molecule has 0 spiro atoms. The van der Waals surface area contributed by atoms with Gasteiger partial charge in [-0.2, -0.15) is 0 Å². The SMILES string of the molecule is C/C(=C\C1=C(C(=O)O)N2C(=O)[C@H]([C@@H](C)O)[C@H]2[C@H]1C)C[n+]1ccccc1. The molecule has 0 aromatic carbocycles. The Bertz CT molecular complexity index is 767. The molecule has 4 atom stereocenters. The van der Waals surface area contributed by atoms with Gasteiger partial charge in [0.1, 0.15) is 5.70 Å². The number of aliphatic carboxylic acids is 1. The van der Waals surface area contributed by atoms with Gasteiger partial charge in [-0.1, -0.05) is 19.1 Å². The lowest BCUT2D eigenvalue weighted by molar-refractivity contribution is -0.689. The average Bonchev–Trinajstić information content (AvgIpc) is 2.77. The molecule has 25 heavy (non-hydrogen) atoms. The van der Waals surface area contributed by atoms with Crippen LogP contribution in [0.1, 0.15) is 20.8 Å². The highest BCUT2D eigenvalue weighted by Crippen LogP contribution is 2.47. The summed E-state index contributed by atoms with van der Waals surface area (Å²) in [7, 11) is 0. The van der Waals surface area contributed by atoms with Crippen molar-refractivity contribution in [3.63, 3.8) is 0 Å². The van der Waals surface area contributed by atoms with E-state index in [1.165, 1.54) is 4.90 Å². The first-order valence-corrected chi connectivity index (χ1v) is 8.42. The highest BCUT2D eigenvalue weighted by Gasteiger charge is 2.59. The second kappa shape index (κ2) is 6.44. The predicted molar refractivity (Wildman–Crippen MR) is 90.0 cm³/mol. The third kappa shape index (κ3) is 2.87. The summed E-state index contributed by atoms with van der Waals surface area (Å²) >= 11 is 0. The molecule has 0 aliphatic carbocycles.